The van der Waals surface area contributed by atoms with E-state index in [1.165, 1.54) is 19.2 Å². The second kappa shape index (κ2) is 9.76. The van der Waals surface area contributed by atoms with E-state index in [2.05, 4.69) is 5.32 Å². The van der Waals surface area contributed by atoms with Gasteiger partial charge < -0.3 is 19.5 Å². The number of amides is 1. The maximum absolute atomic E-state index is 12.1. The normalized spacial score (nSPS) is 9.96. The van der Waals surface area contributed by atoms with Crippen LogP contribution in [-0.2, 0) is 9.53 Å². The molecule has 27 heavy (non-hydrogen) atoms. The third-order valence-electron chi connectivity index (χ3n) is 3.38. The minimum absolute atomic E-state index is 0.113. The van der Waals surface area contributed by atoms with Gasteiger partial charge in [0.2, 0.25) is 0 Å². The molecular weight excluding hydrogens is 356 g/mol. The zero-order valence-corrected chi connectivity index (χ0v) is 14.5. The van der Waals surface area contributed by atoms with E-state index in [-0.39, 0.29) is 30.2 Å². The molecule has 0 atom stereocenters. The molecule has 142 valence electrons. The number of non-ortho nitro benzene ring substituents is 1. The van der Waals surface area contributed by atoms with Crippen molar-refractivity contribution in [2.45, 2.75) is 0 Å². The Labute approximate surface area is 155 Å². The molecule has 0 aromatic heterocycles. The second-order valence-corrected chi connectivity index (χ2v) is 5.23. The zero-order chi connectivity index (χ0) is 19.6. The van der Waals surface area contributed by atoms with E-state index in [4.69, 9.17) is 14.2 Å². The number of para-hydroxylation sites is 1. The molecule has 0 spiro atoms. The molecule has 0 saturated carbocycles. The number of methoxy groups -OCH3 is 1. The fourth-order valence-corrected chi connectivity index (χ4v) is 2.10. The highest BCUT2D eigenvalue weighted by molar-refractivity contribution is 5.94. The Kier molecular flexibility index (Phi) is 7.12. The predicted octanol–water partition coefficient (Wildman–Crippen LogP) is 1.96. The lowest BCUT2D eigenvalue weighted by Gasteiger charge is -2.10. The smallest absolute Gasteiger partial charge is 0.342 e. The first-order chi connectivity index (χ1) is 13.0. The summed E-state index contributed by atoms with van der Waals surface area (Å²) >= 11 is 0. The van der Waals surface area contributed by atoms with Gasteiger partial charge in [0.1, 0.15) is 23.7 Å². The topological polar surface area (TPSA) is 117 Å². The van der Waals surface area contributed by atoms with Crippen LogP contribution in [0.3, 0.4) is 0 Å². The fourth-order valence-electron chi connectivity index (χ4n) is 2.10. The van der Waals surface area contributed by atoms with E-state index in [0.717, 1.165) is 6.07 Å². The standard InChI is InChI=1S/C18H18N2O7/c1-25-16-8-7-13(20(23)24)11-15(16)18(22)27-12-17(21)19-9-10-26-14-5-3-2-4-6-14/h2-8,11H,9-10,12H2,1H3,(H,19,21). The summed E-state index contributed by atoms with van der Waals surface area (Å²) in [5, 5.41) is 13.4. The van der Waals surface area contributed by atoms with Crippen LogP contribution in [0, 0.1) is 10.1 Å². The molecule has 9 nitrogen and oxygen atoms in total. The predicted molar refractivity (Wildman–Crippen MR) is 94.9 cm³/mol. The molecule has 0 fully saturated rings. The van der Waals surface area contributed by atoms with Crippen LogP contribution in [0.15, 0.2) is 48.5 Å². The van der Waals surface area contributed by atoms with E-state index in [0.29, 0.717) is 5.75 Å². The van der Waals surface area contributed by atoms with Crippen LogP contribution in [0.1, 0.15) is 10.4 Å². The van der Waals surface area contributed by atoms with Gasteiger partial charge in [0.05, 0.1) is 18.6 Å². The molecule has 0 saturated heterocycles. The number of carbonyl (C=O) groups excluding carboxylic acids is 2. The summed E-state index contributed by atoms with van der Waals surface area (Å²) in [7, 11) is 1.32. The van der Waals surface area contributed by atoms with Gasteiger partial charge in [-0.25, -0.2) is 4.79 Å². The molecule has 9 heteroatoms. The van der Waals surface area contributed by atoms with Gasteiger partial charge in [0.25, 0.3) is 11.6 Å². The van der Waals surface area contributed by atoms with Crippen LogP contribution >= 0.6 is 0 Å². The lowest BCUT2D eigenvalue weighted by Crippen LogP contribution is -2.32. The molecule has 0 aliphatic heterocycles. The quantitative estimate of drug-likeness (QED) is 0.308. The SMILES string of the molecule is COc1ccc([N+](=O)[O-])cc1C(=O)OCC(=O)NCCOc1ccccc1. The van der Waals surface area contributed by atoms with Crippen molar-refractivity contribution in [3.05, 3.63) is 64.2 Å². The highest BCUT2D eigenvalue weighted by Crippen LogP contribution is 2.24. The van der Waals surface area contributed by atoms with Gasteiger partial charge in [-0.05, 0) is 18.2 Å². The maximum atomic E-state index is 12.1. The minimum atomic E-state index is -0.897. The Morgan fingerprint density at radius 1 is 1.15 bits per heavy atom. The molecule has 0 radical (unpaired) electrons. The number of rotatable bonds is 9. The summed E-state index contributed by atoms with van der Waals surface area (Å²) in [6, 6.07) is 12.6. The van der Waals surface area contributed by atoms with E-state index in [1.54, 1.807) is 12.1 Å². The summed E-state index contributed by atoms with van der Waals surface area (Å²) in [6.07, 6.45) is 0. The highest BCUT2D eigenvalue weighted by atomic mass is 16.6. The first-order valence-corrected chi connectivity index (χ1v) is 7.95. The van der Waals surface area contributed by atoms with Crippen LogP contribution in [0.2, 0.25) is 0 Å². The number of carbonyl (C=O) groups is 2. The fraction of sp³-hybridized carbons (Fsp3) is 0.222. The van der Waals surface area contributed by atoms with Crippen LogP contribution in [0.25, 0.3) is 0 Å². The van der Waals surface area contributed by atoms with Gasteiger partial charge in [0, 0.05) is 12.1 Å². The van der Waals surface area contributed by atoms with Crippen LogP contribution in [0.4, 0.5) is 5.69 Å². The van der Waals surface area contributed by atoms with E-state index >= 15 is 0 Å². The van der Waals surface area contributed by atoms with Crippen molar-refractivity contribution in [2.24, 2.45) is 0 Å². The monoisotopic (exact) mass is 374 g/mol. The van der Waals surface area contributed by atoms with Gasteiger partial charge in [0.15, 0.2) is 6.61 Å². The molecule has 0 unspecified atom stereocenters. The zero-order valence-electron chi connectivity index (χ0n) is 14.5. The lowest BCUT2D eigenvalue weighted by molar-refractivity contribution is -0.384. The summed E-state index contributed by atoms with van der Waals surface area (Å²) in [5.41, 5.74) is -0.419. The van der Waals surface area contributed by atoms with Gasteiger partial charge in [-0.3, -0.25) is 14.9 Å². The van der Waals surface area contributed by atoms with Gasteiger partial charge >= 0.3 is 5.97 Å². The molecule has 2 aromatic rings. The number of ether oxygens (including phenoxy) is 3. The molecule has 0 bridgehead atoms. The van der Waals surface area contributed by atoms with Gasteiger partial charge in [-0.2, -0.15) is 0 Å². The van der Waals surface area contributed by atoms with Gasteiger partial charge in [-0.1, -0.05) is 18.2 Å². The van der Waals surface area contributed by atoms with Crippen LogP contribution in [0.5, 0.6) is 11.5 Å². The van der Waals surface area contributed by atoms with Gasteiger partial charge in [-0.15, -0.1) is 0 Å². The summed E-state index contributed by atoms with van der Waals surface area (Å²) < 4.78 is 15.3. The van der Waals surface area contributed by atoms with Crippen LogP contribution < -0.4 is 14.8 Å². The van der Waals surface area contributed by atoms with E-state index in [9.17, 15) is 19.7 Å². The Bertz CT molecular complexity index is 809. The van der Waals surface area contributed by atoms with Crippen molar-refractivity contribution in [1.29, 1.82) is 0 Å². The van der Waals surface area contributed by atoms with Crippen molar-refractivity contribution in [2.75, 3.05) is 26.9 Å². The van der Waals surface area contributed by atoms with E-state index < -0.39 is 23.4 Å². The Hall–Kier alpha value is -3.62. The average Bonchev–Trinajstić information content (AvgIpc) is 2.69. The number of nitrogens with zero attached hydrogens (tertiary/aromatic N) is 1. The molecule has 0 aliphatic rings. The Morgan fingerprint density at radius 2 is 1.89 bits per heavy atom. The summed E-state index contributed by atoms with van der Waals surface area (Å²) in [5.74, 6) is -0.631. The van der Waals surface area contributed by atoms with Crippen molar-refractivity contribution in [3.8, 4) is 11.5 Å². The third-order valence-corrected chi connectivity index (χ3v) is 3.38. The molecule has 1 amide bonds. The van der Waals surface area contributed by atoms with E-state index in [1.807, 2.05) is 18.2 Å². The number of nitro groups is 1. The first kappa shape index (κ1) is 19.7. The summed E-state index contributed by atoms with van der Waals surface area (Å²) in [4.78, 5) is 34.0. The molecule has 1 N–H and O–H groups in total. The minimum Gasteiger partial charge on any atom is -0.496 e. The van der Waals surface area contributed by atoms with Crippen molar-refractivity contribution in [3.63, 3.8) is 0 Å². The maximum Gasteiger partial charge on any atom is 0.342 e. The molecule has 2 rings (SSSR count). The Balaban J connectivity index is 1.80. The molecule has 0 heterocycles. The molecule has 0 aliphatic carbocycles. The first-order valence-electron chi connectivity index (χ1n) is 7.95. The van der Waals surface area contributed by atoms with Crippen molar-refractivity contribution in [1.82, 2.24) is 5.32 Å². The van der Waals surface area contributed by atoms with Crippen LogP contribution in [-0.4, -0.2) is 43.7 Å². The Morgan fingerprint density at radius 3 is 2.56 bits per heavy atom. The summed E-state index contributed by atoms with van der Waals surface area (Å²) in [6.45, 7) is -0.0518. The number of nitrogens with one attached hydrogen (secondary N) is 1. The number of hydrogen-bond acceptors (Lipinski definition) is 7. The lowest BCUT2D eigenvalue weighted by atomic mass is 10.2. The number of hydrogen-bond donors (Lipinski definition) is 1. The number of esters is 1. The third kappa shape index (κ3) is 5.99. The molecular formula is C18H18N2O7. The van der Waals surface area contributed by atoms with Crippen molar-refractivity contribution >= 4 is 17.6 Å². The number of nitro benzene ring substituents is 1. The molecule has 2 aromatic carbocycles. The number of benzene rings is 2. The largest absolute Gasteiger partial charge is 0.496 e. The van der Waals surface area contributed by atoms with Crippen molar-refractivity contribution < 1.29 is 28.7 Å². The average molecular weight is 374 g/mol. The highest BCUT2D eigenvalue weighted by Gasteiger charge is 2.19. The second-order valence-electron chi connectivity index (χ2n) is 5.23.